The summed E-state index contributed by atoms with van der Waals surface area (Å²) in [6.07, 6.45) is -4.75. The van der Waals surface area contributed by atoms with Crippen LogP contribution in [0.3, 0.4) is 0 Å². The molecular formula is C8H9F3N2O. The molecule has 1 atom stereocenters. The van der Waals surface area contributed by atoms with Gasteiger partial charge in [0.15, 0.2) is 0 Å². The highest BCUT2D eigenvalue weighted by molar-refractivity contribution is 5.18. The lowest BCUT2D eigenvalue weighted by Crippen LogP contribution is -2.14. The summed E-state index contributed by atoms with van der Waals surface area (Å²) in [6.45, 7) is -0.0711. The standard InChI is InChI=1S/C8H9F3N2O/c9-8(10,11)5-1-2-6(13-4-5)7(14)3-12/h1-2,4,7,14H,3,12H2/t7-/m0/s1. The molecule has 0 radical (unpaired) electrons. The van der Waals surface area contributed by atoms with Gasteiger partial charge < -0.3 is 10.8 Å². The van der Waals surface area contributed by atoms with Crippen LogP contribution in [0.5, 0.6) is 0 Å². The molecular weight excluding hydrogens is 197 g/mol. The van der Waals surface area contributed by atoms with Crippen molar-refractivity contribution in [2.45, 2.75) is 12.3 Å². The number of pyridine rings is 1. The lowest BCUT2D eigenvalue weighted by molar-refractivity contribution is -0.137. The van der Waals surface area contributed by atoms with Crippen molar-refractivity contribution in [1.29, 1.82) is 0 Å². The number of hydrogen-bond acceptors (Lipinski definition) is 3. The molecule has 0 fully saturated rings. The minimum atomic E-state index is -4.40. The number of nitrogens with zero attached hydrogens (tertiary/aromatic N) is 1. The first-order chi connectivity index (χ1) is 6.45. The zero-order valence-corrected chi connectivity index (χ0v) is 7.12. The first-order valence-electron chi connectivity index (χ1n) is 3.86. The first kappa shape index (κ1) is 10.9. The number of aromatic nitrogens is 1. The summed E-state index contributed by atoms with van der Waals surface area (Å²) in [5.41, 5.74) is 4.41. The second-order valence-corrected chi connectivity index (χ2v) is 2.72. The number of alkyl halides is 3. The SMILES string of the molecule is NC[C@H](O)c1ccc(C(F)(F)F)cn1. The van der Waals surface area contributed by atoms with E-state index < -0.39 is 17.8 Å². The van der Waals surface area contributed by atoms with E-state index in [1.165, 1.54) is 0 Å². The maximum absolute atomic E-state index is 12.1. The van der Waals surface area contributed by atoms with E-state index in [-0.39, 0.29) is 12.2 Å². The maximum Gasteiger partial charge on any atom is 0.417 e. The lowest BCUT2D eigenvalue weighted by Gasteiger charge is -2.09. The molecule has 0 unspecified atom stereocenters. The topological polar surface area (TPSA) is 59.1 Å². The molecule has 78 valence electrons. The third kappa shape index (κ3) is 2.43. The largest absolute Gasteiger partial charge is 0.417 e. The number of halogens is 3. The van der Waals surface area contributed by atoms with E-state index >= 15 is 0 Å². The van der Waals surface area contributed by atoms with Gasteiger partial charge in [-0.3, -0.25) is 4.98 Å². The zero-order chi connectivity index (χ0) is 10.8. The van der Waals surface area contributed by atoms with Crippen molar-refractivity contribution >= 4 is 0 Å². The van der Waals surface area contributed by atoms with Gasteiger partial charge in [-0.05, 0) is 12.1 Å². The molecule has 0 saturated carbocycles. The van der Waals surface area contributed by atoms with E-state index in [2.05, 4.69) is 4.98 Å². The highest BCUT2D eigenvalue weighted by atomic mass is 19.4. The number of aliphatic hydroxyl groups excluding tert-OH is 1. The van der Waals surface area contributed by atoms with Crippen LogP contribution in [0.15, 0.2) is 18.3 Å². The Kier molecular flexibility index (Phi) is 3.07. The van der Waals surface area contributed by atoms with Crippen molar-refractivity contribution < 1.29 is 18.3 Å². The van der Waals surface area contributed by atoms with Gasteiger partial charge in [0.25, 0.3) is 0 Å². The summed E-state index contributed by atoms with van der Waals surface area (Å²) in [4.78, 5) is 3.47. The van der Waals surface area contributed by atoms with Crippen molar-refractivity contribution in [3.05, 3.63) is 29.6 Å². The molecule has 0 aliphatic carbocycles. The van der Waals surface area contributed by atoms with E-state index in [9.17, 15) is 13.2 Å². The van der Waals surface area contributed by atoms with Gasteiger partial charge in [0.05, 0.1) is 11.3 Å². The van der Waals surface area contributed by atoms with Crippen molar-refractivity contribution in [2.24, 2.45) is 5.73 Å². The molecule has 3 nitrogen and oxygen atoms in total. The molecule has 0 saturated heterocycles. The average Bonchev–Trinajstić information content (AvgIpc) is 2.15. The van der Waals surface area contributed by atoms with Gasteiger partial charge in [-0.1, -0.05) is 0 Å². The molecule has 14 heavy (non-hydrogen) atoms. The summed E-state index contributed by atoms with van der Waals surface area (Å²) in [6, 6.07) is 1.97. The second-order valence-electron chi connectivity index (χ2n) is 2.72. The fourth-order valence-corrected chi connectivity index (χ4v) is 0.891. The second kappa shape index (κ2) is 3.93. The molecule has 0 spiro atoms. The minimum Gasteiger partial charge on any atom is -0.385 e. The summed E-state index contributed by atoms with van der Waals surface area (Å²) in [5.74, 6) is 0. The normalized spacial score (nSPS) is 14.1. The minimum absolute atomic E-state index is 0.0711. The van der Waals surface area contributed by atoms with E-state index in [4.69, 9.17) is 10.8 Å². The molecule has 6 heteroatoms. The van der Waals surface area contributed by atoms with Crippen LogP contribution >= 0.6 is 0 Å². The molecule has 0 amide bonds. The van der Waals surface area contributed by atoms with Crippen LogP contribution in [0.1, 0.15) is 17.4 Å². The van der Waals surface area contributed by atoms with Gasteiger partial charge >= 0.3 is 6.18 Å². The molecule has 1 aromatic rings. The maximum atomic E-state index is 12.1. The van der Waals surface area contributed by atoms with Gasteiger partial charge in [0.1, 0.15) is 6.10 Å². The zero-order valence-electron chi connectivity index (χ0n) is 7.12. The Hall–Kier alpha value is -1.14. The summed E-state index contributed by atoms with van der Waals surface area (Å²) in [7, 11) is 0. The van der Waals surface area contributed by atoms with Gasteiger partial charge in [-0.2, -0.15) is 13.2 Å². The molecule has 0 aromatic carbocycles. The molecule has 1 heterocycles. The highest BCUT2D eigenvalue weighted by Gasteiger charge is 2.30. The van der Waals surface area contributed by atoms with Gasteiger partial charge in [0.2, 0.25) is 0 Å². The number of rotatable bonds is 2. The van der Waals surface area contributed by atoms with Crippen LogP contribution < -0.4 is 5.73 Å². The Labute approximate surface area is 78.4 Å². The smallest absolute Gasteiger partial charge is 0.385 e. The summed E-state index contributed by atoms with van der Waals surface area (Å²) < 4.78 is 36.2. The fourth-order valence-electron chi connectivity index (χ4n) is 0.891. The number of aliphatic hydroxyl groups is 1. The van der Waals surface area contributed by atoms with E-state index in [1.54, 1.807) is 0 Å². The first-order valence-corrected chi connectivity index (χ1v) is 3.86. The van der Waals surface area contributed by atoms with E-state index in [0.717, 1.165) is 12.1 Å². The molecule has 0 bridgehead atoms. The number of nitrogens with two attached hydrogens (primary N) is 1. The Bertz CT molecular complexity index is 296. The van der Waals surface area contributed by atoms with Crippen molar-refractivity contribution in [3.63, 3.8) is 0 Å². The van der Waals surface area contributed by atoms with Crippen LogP contribution in [0.2, 0.25) is 0 Å². The van der Waals surface area contributed by atoms with Crippen LogP contribution in [-0.2, 0) is 6.18 Å². The van der Waals surface area contributed by atoms with Crippen LogP contribution in [-0.4, -0.2) is 16.6 Å². The third-order valence-electron chi connectivity index (χ3n) is 1.68. The Morgan fingerprint density at radius 1 is 1.43 bits per heavy atom. The molecule has 1 rings (SSSR count). The van der Waals surface area contributed by atoms with Gasteiger partial charge in [0, 0.05) is 12.7 Å². The molecule has 0 aliphatic heterocycles. The van der Waals surface area contributed by atoms with Crippen LogP contribution in [0.25, 0.3) is 0 Å². The summed E-state index contributed by atoms with van der Waals surface area (Å²) >= 11 is 0. The highest BCUT2D eigenvalue weighted by Crippen LogP contribution is 2.28. The van der Waals surface area contributed by atoms with Crippen molar-refractivity contribution in [3.8, 4) is 0 Å². The predicted molar refractivity (Wildman–Crippen MR) is 43.3 cm³/mol. The van der Waals surface area contributed by atoms with Crippen molar-refractivity contribution in [1.82, 2.24) is 4.98 Å². The quantitative estimate of drug-likeness (QED) is 0.761. The predicted octanol–water partition coefficient (Wildman–Crippen LogP) is 1.09. The van der Waals surface area contributed by atoms with Crippen LogP contribution in [0.4, 0.5) is 13.2 Å². The van der Waals surface area contributed by atoms with Gasteiger partial charge in [-0.25, -0.2) is 0 Å². The summed E-state index contributed by atoms with van der Waals surface area (Å²) in [5, 5.41) is 9.15. The Balaban J connectivity index is 2.89. The molecule has 0 aliphatic rings. The lowest BCUT2D eigenvalue weighted by atomic mass is 10.2. The monoisotopic (exact) mass is 206 g/mol. The van der Waals surface area contributed by atoms with Crippen LogP contribution in [0, 0.1) is 0 Å². The number of hydrogen-bond donors (Lipinski definition) is 2. The molecule has 3 N–H and O–H groups in total. The third-order valence-corrected chi connectivity index (χ3v) is 1.68. The fraction of sp³-hybridized carbons (Fsp3) is 0.375. The van der Waals surface area contributed by atoms with Gasteiger partial charge in [-0.15, -0.1) is 0 Å². The van der Waals surface area contributed by atoms with E-state index in [0.29, 0.717) is 6.20 Å². The Morgan fingerprint density at radius 3 is 2.43 bits per heavy atom. The Morgan fingerprint density at radius 2 is 2.07 bits per heavy atom. The average molecular weight is 206 g/mol. The van der Waals surface area contributed by atoms with Crippen molar-refractivity contribution in [2.75, 3.05) is 6.54 Å². The molecule has 1 aromatic heterocycles. The van der Waals surface area contributed by atoms with E-state index in [1.807, 2.05) is 0 Å².